The van der Waals surface area contributed by atoms with Crippen molar-refractivity contribution in [1.29, 1.82) is 0 Å². The maximum Gasteiger partial charge on any atom is 0.0361 e. The molecule has 0 aromatic carbocycles. The molecule has 3 unspecified atom stereocenters. The lowest BCUT2D eigenvalue weighted by molar-refractivity contribution is 0.230. The van der Waals surface area contributed by atoms with Gasteiger partial charge in [-0.15, -0.1) is 11.6 Å². The first-order valence-electron chi connectivity index (χ1n) is 4.75. The van der Waals surface area contributed by atoms with Gasteiger partial charge in [0.25, 0.3) is 0 Å². The van der Waals surface area contributed by atoms with Gasteiger partial charge >= 0.3 is 0 Å². The van der Waals surface area contributed by atoms with E-state index >= 15 is 0 Å². The van der Waals surface area contributed by atoms with Crippen molar-refractivity contribution in [2.75, 3.05) is 0 Å². The predicted octanol–water partition coefficient (Wildman–Crippen LogP) is 3.69. The van der Waals surface area contributed by atoms with Crippen LogP contribution in [0.1, 0.15) is 40.0 Å². The van der Waals surface area contributed by atoms with E-state index in [9.17, 15) is 0 Å². The summed E-state index contributed by atoms with van der Waals surface area (Å²) in [7, 11) is 0. The van der Waals surface area contributed by atoms with Crippen LogP contribution in [0.4, 0.5) is 0 Å². The predicted molar refractivity (Wildman–Crippen MR) is 51.0 cm³/mol. The summed E-state index contributed by atoms with van der Waals surface area (Å²) in [6.07, 6.45) is 3.91. The summed E-state index contributed by atoms with van der Waals surface area (Å²) in [5, 5.41) is 0.449. The Hall–Kier alpha value is 0.290. The molecule has 0 nitrogen and oxygen atoms in total. The maximum atomic E-state index is 6.14. The molecule has 0 aromatic heterocycles. The molecule has 1 rings (SSSR count). The van der Waals surface area contributed by atoms with Gasteiger partial charge in [-0.3, -0.25) is 0 Å². The van der Waals surface area contributed by atoms with Crippen molar-refractivity contribution in [3.05, 3.63) is 0 Å². The van der Waals surface area contributed by atoms with Crippen LogP contribution in [-0.2, 0) is 0 Å². The monoisotopic (exact) mass is 174 g/mol. The minimum absolute atomic E-state index is 0.449. The van der Waals surface area contributed by atoms with Crippen molar-refractivity contribution >= 4 is 11.6 Å². The van der Waals surface area contributed by atoms with Gasteiger partial charge in [-0.2, -0.15) is 0 Å². The van der Waals surface area contributed by atoms with Gasteiger partial charge in [0, 0.05) is 5.38 Å². The van der Waals surface area contributed by atoms with Crippen molar-refractivity contribution in [2.24, 2.45) is 17.8 Å². The third-order valence-electron chi connectivity index (χ3n) is 3.05. The van der Waals surface area contributed by atoms with E-state index < -0.39 is 0 Å². The fraction of sp³-hybridized carbons (Fsp3) is 1.00. The molecule has 0 radical (unpaired) electrons. The molecule has 66 valence electrons. The quantitative estimate of drug-likeness (QED) is 0.532. The molecule has 0 heterocycles. The fourth-order valence-corrected chi connectivity index (χ4v) is 2.24. The molecule has 11 heavy (non-hydrogen) atoms. The van der Waals surface area contributed by atoms with E-state index in [1.165, 1.54) is 19.3 Å². The van der Waals surface area contributed by atoms with Gasteiger partial charge in [0.15, 0.2) is 0 Å². The van der Waals surface area contributed by atoms with E-state index in [1.54, 1.807) is 0 Å². The first-order valence-corrected chi connectivity index (χ1v) is 5.19. The molecule has 1 heteroatoms. The Labute approximate surface area is 75.3 Å². The standard InChI is InChI=1S/C10H19Cl/c1-7(2)9-4-5-10(11)8(3)6-9/h7-10H,4-6H2,1-3H3. The molecular weight excluding hydrogens is 156 g/mol. The number of alkyl halides is 1. The minimum atomic E-state index is 0.449. The molecule has 0 bridgehead atoms. The summed E-state index contributed by atoms with van der Waals surface area (Å²) in [4.78, 5) is 0. The van der Waals surface area contributed by atoms with Crippen LogP contribution in [-0.4, -0.2) is 5.38 Å². The minimum Gasteiger partial charge on any atom is -0.123 e. The Morgan fingerprint density at radius 2 is 1.91 bits per heavy atom. The van der Waals surface area contributed by atoms with Gasteiger partial charge in [0.2, 0.25) is 0 Å². The maximum absolute atomic E-state index is 6.14. The molecule has 1 aliphatic carbocycles. The summed E-state index contributed by atoms with van der Waals surface area (Å²) in [6, 6.07) is 0. The summed E-state index contributed by atoms with van der Waals surface area (Å²) in [5.74, 6) is 2.51. The number of hydrogen-bond acceptors (Lipinski definition) is 0. The van der Waals surface area contributed by atoms with Crippen LogP contribution in [0.5, 0.6) is 0 Å². The van der Waals surface area contributed by atoms with Crippen LogP contribution in [0.3, 0.4) is 0 Å². The molecule has 0 aromatic rings. The summed E-state index contributed by atoms with van der Waals surface area (Å²) >= 11 is 6.14. The Kier molecular flexibility index (Phi) is 3.24. The van der Waals surface area contributed by atoms with E-state index in [0.29, 0.717) is 5.38 Å². The smallest absolute Gasteiger partial charge is 0.0361 e. The Morgan fingerprint density at radius 3 is 2.36 bits per heavy atom. The second-order valence-corrected chi connectivity index (χ2v) is 4.87. The van der Waals surface area contributed by atoms with Gasteiger partial charge in [0.1, 0.15) is 0 Å². The second kappa shape index (κ2) is 3.80. The SMILES string of the molecule is CC(C)C1CCC(Cl)C(C)C1. The Balaban J connectivity index is 2.40. The van der Waals surface area contributed by atoms with E-state index in [2.05, 4.69) is 20.8 Å². The number of hydrogen-bond donors (Lipinski definition) is 0. The van der Waals surface area contributed by atoms with Crippen LogP contribution < -0.4 is 0 Å². The van der Waals surface area contributed by atoms with Crippen molar-refractivity contribution in [3.8, 4) is 0 Å². The zero-order valence-electron chi connectivity index (χ0n) is 7.81. The summed E-state index contributed by atoms with van der Waals surface area (Å²) in [5.41, 5.74) is 0. The third-order valence-corrected chi connectivity index (χ3v) is 3.70. The number of halogens is 1. The highest BCUT2D eigenvalue weighted by Crippen LogP contribution is 2.35. The lowest BCUT2D eigenvalue weighted by Crippen LogP contribution is -2.25. The summed E-state index contributed by atoms with van der Waals surface area (Å²) in [6.45, 7) is 6.93. The van der Waals surface area contributed by atoms with Crippen LogP contribution in [0, 0.1) is 17.8 Å². The molecule has 1 aliphatic rings. The van der Waals surface area contributed by atoms with E-state index in [4.69, 9.17) is 11.6 Å². The molecule has 1 fully saturated rings. The first kappa shape index (κ1) is 9.38. The zero-order valence-corrected chi connectivity index (χ0v) is 8.56. The van der Waals surface area contributed by atoms with Crippen molar-refractivity contribution in [3.63, 3.8) is 0 Å². The van der Waals surface area contributed by atoms with Gasteiger partial charge in [-0.25, -0.2) is 0 Å². The van der Waals surface area contributed by atoms with Gasteiger partial charge in [0.05, 0.1) is 0 Å². The van der Waals surface area contributed by atoms with E-state index in [1.807, 2.05) is 0 Å². The van der Waals surface area contributed by atoms with Gasteiger partial charge in [-0.05, 0) is 37.0 Å². The van der Waals surface area contributed by atoms with Crippen molar-refractivity contribution < 1.29 is 0 Å². The fourth-order valence-electron chi connectivity index (χ4n) is 2.01. The topological polar surface area (TPSA) is 0 Å². The van der Waals surface area contributed by atoms with Crippen LogP contribution in [0.15, 0.2) is 0 Å². The van der Waals surface area contributed by atoms with Gasteiger partial charge < -0.3 is 0 Å². The molecular formula is C10H19Cl. The lowest BCUT2D eigenvalue weighted by atomic mass is 9.77. The normalized spacial score (nSPS) is 39.5. The zero-order chi connectivity index (χ0) is 8.43. The molecule has 0 saturated heterocycles. The van der Waals surface area contributed by atoms with E-state index in [0.717, 1.165) is 17.8 Å². The Bertz CT molecular complexity index is 120. The molecule has 1 saturated carbocycles. The van der Waals surface area contributed by atoms with E-state index in [-0.39, 0.29) is 0 Å². The highest BCUT2D eigenvalue weighted by atomic mass is 35.5. The average Bonchev–Trinajstić information content (AvgIpc) is 1.94. The first-order chi connectivity index (χ1) is 5.11. The Morgan fingerprint density at radius 1 is 1.27 bits per heavy atom. The van der Waals surface area contributed by atoms with Crippen molar-refractivity contribution in [1.82, 2.24) is 0 Å². The second-order valence-electron chi connectivity index (χ2n) is 4.31. The van der Waals surface area contributed by atoms with Crippen LogP contribution in [0.25, 0.3) is 0 Å². The number of rotatable bonds is 1. The highest BCUT2D eigenvalue weighted by molar-refractivity contribution is 6.20. The van der Waals surface area contributed by atoms with Gasteiger partial charge in [-0.1, -0.05) is 20.8 Å². The third kappa shape index (κ3) is 2.37. The molecule has 0 spiro atoms. The molecule has 0 N–H and O–H groups in total. The lowest BCUT2D eigenvalue weighted by Gasteiger charge is -2.32. The average molecular weight is 175 g/mol. The largest absolute Gasteiger partial charge is 0.123 e. The molecule has 3 atom stereocenters. The molecule has 0 aliphatic heterocycles. The molecule has 0 amide bonds. The van der Waals surface area contributed by atoms with Crippen molar-refractivity contribution in [2.45, 2.75) is 45.4 Å². The summed E-state index contributed by atoms with van der Waals surface area (Å²) < 4.78 is 0. The van der Waals surface area contributed by atoms with Crippen LogP contribution >= 0.6 is 11.6 Å². The highest BCUT2D eigenvalue weighted by Gasteiger charge is 2.27. The van der Waals surface area contributed by atoms with Crippen LogP contribution in [0.2, 0.25) is 0 Å².